The summed E-state index contributed by atoms with van der Waals surface area (Å²) in [5.74, 6) is 1.69. The number of hydrogen-bond acceptors (Lipinski definition) is 6. The molecule has 1 aromatic carbocycles. The van der Waals surface area contributed by atoms with E-state index >= 15 is 0 Å². The molecular formula is C18H21N3O4. The van der Waals surface area contributed by atoms with Crippen molar-refractivity contribution in [3.8, 4) is 17.4 Å². The quantitative estimate of drug-likeness (QED) is 0.730. The van der Waals surface area contributed by atoms with Crippen LogP contribution in [0, 0.1) is 0 Å². The van der Waals surface area contributed by atoms with E-state index in [-0.39, 0.29) is 11.9 Å². The summed E-state index contributed by atoms with van der Waals surface area (Å²) in [4.78, 5) is 16.2. The summed E-state index contributed by atoms with van der Waals surface area (Å²) in [6.45, 7) is 0.829. The van der Waals surface area contributed by atoms with Crippen molar-refractivity contribution in [3.63, 3.8) is 0 Å². The van der Waals surface area contributed by atoms with Crippen LogP contribution in [0.2, 0.25) is 0 Å². The smallest absolute Gasteiger partial charge is 0.237 e. The molecule has 2 heterocycles. The van der Waals surface area contributed by atoms with E-state index in [1.165, 1.54) is 0 Å². The Balaban J connectivity index is 1.52. The zero-order valence-electron chi connectivity index (χ0n) is 13.9. The predicted molar refractivity (Wildman–Crippen MR) is 91.6 cm³/mol. The van der Waals surface area contributed by atoms with Gasteiger partial charge >= 0.3 is 0 Å². The van der Waals surface area contributed by atoms with Crippen molar-refractivity contribution < 1.29 is 19.4 Å². The molecule has 0 radical (unpaired) electrons. The molecular weight excluding hydrogens is 322 g/mol. The number of aromatic nitrogens is 1. The molecule has 1 aliphatic heterocycles. The van der Waals surface area contributed by atoms with Crippen LogP contribution in [0.1, 0.15) is 12.0 Å². The van der Waals surface area contributed by atoms with Crippen molar-refractivity contribution in [2.75, 3.05) is 13.7 Å². The van der Waals surface area contributed by atoms with Crippen LogP contribution in [0.3, 0.4) is 0 Å². The Labute approximate surface area is 146 Å². The van der Waals surface area contributed by atoms with Gasteiger partial charge in [-0.1, -0.05) is 12.1 Å². The van der Waals surface area contributed by atoms with Gasteiger partial charge in [0.15, 0.2) is 0 Å². The second kappa shape index (κ2) is 7.96. The largest absolute Gasteiger partial charge is 0.497 e. The molecule has 25 heavy (non-hydrogen) atoms. The van der Waals surface area contributed by atoms with E-state index in [1.54, 1.807) is 25.4 Å². The number of aliphatic hydroxyl groups is 1. The summed E-state index contributed by atoms with van der Waals surface area (Å²) in [6.07, 6.45) is 1.65. The van der Waals surface area contributed by atoms with Gasteiger partial charge in [-0.2, -0.15) is 0 Å². The van der Waals surface area contributed by atoms with E-state index in [0.717, 1.165) is 5.56 Å². The number of hydrogen-bond donors (Lipinski definition) is 3. The number of methoxy groups -OCH3 is 1. The first-order chi connectivity index (χ1) is 12.1. The first kappa shape index (κ1) is 17.2. The standard InChI is InChI=1S/C18H21N3O4/c1-24-14-3-2-4-15(8-14)25-17-6-5-12(9-20-17)10-21-18(23)16-7-13(22)11-19-16/h2-6,8-9,13,16,19,22H,7,10-11H2,1H3,(H,21,23). The molecule has 2 unspecified atom stereocenters. The third-order valence-electron chi connectivity index (χ3n) is 3.95. The second-order valence-corrected chi connectivity index (χ2v) is 5.85. The lowest BCUT2D eigenvalue weighted by Crippen LogP contribution is -2.40. The fraction of sp³-hybridized carbons (Fsp3) is 0.333. The molecule has 1 aliphatic rings. The average molecular weight is 343 g/mol. The first-order valence-electron chi connectivity index (χ1n) is 8.10. The van der Waals surface area contributed by atoms with Gasteiger partial charge in [-0.25, -0.2) is 4.98 Å². The minimum atomic E-state index is -0.453. The SMILES string of the molecule is COc1cccc(Oc2ccc(CNC(=O)C3CC(O)CN3)cn2)c1. The number of ether oxygens (including phenoxy) is 2. The van der Waals surface area contributed by atoms with Crippen molar-refractivity contribution in [2.45, 2.75) is 25.1 Å². The van der Waals surface area contributed by atoms with Crippen LogP contribution in [0.4, 0.5) is 0 Å². The molecule has 7 nitrogen and oxygen atoms in total. The molecule has 132 valence electrons. The zero-order chi connectivity index (χ0) is 17.6. The van der Waals surface area contributed by atoms with Gasteiger partial charge in [0.05, 0.1) is 19.3 Å². The van der Waals surface area contributed by atoms with E-state index in [2.05, 4.69) is 15.6 Å². The summed E-state index contributed by atoms with van der Waals surface area (Å²) in [7, 11) is 1.60. The fourth-order valence-corrected chi connectivity index (χ4v) is 2.59. The Kier molecular flexibility index (Phi) is 5.47. The van der Waals surface area contributed by atoms with Crippen molar-refractivity contribution in [2.24, 2.45) is 0 Å². The number of carbonyl (C=O) groups excluding carboxylic acids is 1. The lowest BCUT2D eigenvalue weighted by molar-refractivity contribution is -0.123. The summed E-state index contributed by atoms with van der Waals surface area (Å²) in [5.41, 5.74) is 0.866. The highest BCUT2D eigenvalue weighted by Crippen LogP contribution is 2.23. The van der Waals surface area contributed by atoms with Gasteiger partial charge in [-0.15, -0.1) is 0 Å². The van der Waals surface area contributed by atoms with Crippen LogP contribution in [0.5, 0.6) is 17.4 Å². The Bertz CT molecular complexity index is 721. The molecule has 2 aromatic rings. The summed E-state index contributed by atoms with van der Waals surface area (Å²) >= 11 is 0. The topological polar surface area (TPSA) is 92.7 Å². The summed E-state index contributed by atoms with van der Waals surface area (Å²) in [6, 6.07) is 10.5. The third-order valence-corrected chi connectivity index (χ3v) is 3.95. The monoisotopic (exact) mass is 343 g/mol. The van der Waals surface area contributed by atoms with Crippen molar-refractivity contribution >= 4 is 5.91 Å². The lowest BCUT2D eigenvalue weighted by atomic mass is 10.2. The van der Waals surface area contributed by atoms with Gasteiger partial charge in [0, 0.05) is 31.4 Å². The van der Waals surface area contributed by atoms with Gasteiger partial charge in [-0.05, 0) is 24.1 Å². The maximum Gasteiger partial charge on any atom is 0.237 e. The van der Waals surface area contributed by atoms with Gasteiger partial charge in [0.2, 0.25) is 11.8 Å². The Morgan fingerprint density at radius 3 is 2.88 bits per heavy atom. The van der Waals surface area contributed by atoms with Crippen LogP contribution in [0.25, 0.3) is 0 Å². The van der Waals surface area contributed by atoms with Crippen LogP contribution in [-0.2, 0) is 11.3 Å². The number of carbonyl (C=O) groups is 1. The summed E-state index contributed by atoms with van der Waals surface area (Å²) < 4.78 is 10.8. The van der Waals surface area contributed by atoms with Crippen LogP contribution in [0.15, 0.2) is 42.6 Å². The number of nitrogens with one attached hydrogen (secondary N) is 2. The summed E-state index contributed by atoms with van der Waals surface area (Å²) in [5, 5.41) is 15.3. The van der Waals surface area contributed by atoms with E-state index in [4.69, 9.17) is 9.47 Å². The molecule has 0 bridgehead atoms. The molecule has 2 atom stereocenters. The molecule has 1 aromatic heterocycles. The molecule has 0 spiro atoms. The molecule has 1 amide bonds. The maximum atomic E-state index is 12.0. The molecule has 3 rings (SSSR count). The van der Waals surface area contributed by atoms with Gasteiger partial charge < -0.3 is 25.2 Å². The maximum absolute atomic E-state index is 12.0. The molecule has 0 saturated carbocycles. The Morgan fingerprint density at radius 2 is 2.20 bits per heavy atom. The van der Waals surface area contributed by atoms with E-state index in [1.807, 2.05) is 24.3 Å². The van der Waals surface area contributed by atoms with Gasteiger partial charge in [-0.3, -0.25) is 4.79 Å². The number of benzene rings is 1. The second-order valence-electron chi connectivity index (χ2n) is 5.85. The minimum Gasteiger partial charge on any atom is -0.497 e. The minimum absolute atomic E-state index is 0.117. The first-order valence-corrected chi connectivity index (χ1v) is 8.10. The third kappa shape index (κ3) is 4.68. The Hall–Kier alpha value is -2.64. The highest BCUT2D eigenvalue weighted by molar-refractivity contribution is 5.82. The molecule has 1 saturated heterocycles. The van der Waals surface area contributed by atoms with Crippen molar-refractivity contribution in [1.29, 1.82) is 0 Å². The average Bonchev–Trinajstić information content (AvgIpc) is 3.07. The zero-order valence-corrected chi connectivity index (χ0v) is 13.9. The number of rotatable bonds is 6. The normalized spacial score (nSPS) is 19.4. The van der Waals surface area contributed by atoms with E-state index in [0.29, 0.717) is 36.9 Å². The predicted octanol–water partition coefficient (Wildman–Crippen LogP) is 1.22. The van der Waals surface area contributed by atoms with Crippen LogP contribution < -0.4 is 20.1 Å². The number of aliphatic hydroxyl groups excluding tert-OH is 1. The molecule has 3 N–H and O–H groups in total. The van der Waals surface area contributed by atoms with Crippen LogP contribution in [-0.4, -0.2) is 41.8 Å². The number of β-amino-alcohol motifs (C(OH)–C–C–N with tert-alkyl or cyclic N) is 1. The number of nitrogens with zero attached hydrogens (tertiary/aromatic N) is 1. The molecule has 7 heteroatoms. The number of amides is 1. The highest BCUT2D eigenvalue weighted by Gasteiger charge is 2.27. The van der Waals surface area contributed by atoms with Crippen LogP contribution >= 0.6 is 0 Å². The highest BCUT2D eigenvalue weighted by atomic mass is 16.5. The molecule has 0 aliphatic carbocycles. The number of pyridine rings is 1. The fourth-order valence-electron chi connectivity index (χ4n) is 2.59. The Morgan fingerprint density at radius 1 is 1.36 bits per heavy atom. The van der Waals surface area contributed by atoms with Gasteiger partial charge in [0.25, 0.3) is 0 Å². The van der Waals surface area contributed by atoms with Crippen molar-refractivity contribution in [1.82, 2.24) is 15.6 Å². The van der Waals surface area contributed by atoms with E-state index < -0.39 is 6.10 Å². The van der Waals surface area contributed by atoms with Crippen molar-refractivity contribution in [3.05, 3.63) is 48.2 Å². The lowest BCUT2D eigenvalue weighted by Gasteiger charge is -2.11. The van der Waals surface area contributed by atoms with E-state index in [9.17, 15) is 9.90 Å². The van der Waals surface area contributed by atoms with Gasteiger partial charge in [0.1, 0.15) is 11.5 Å². The molecule has 1 fully saturated rings.